The summed E-state index contributed by atoms with van der Waals surface area (Å²) in [6.45, 7) is 0. The highest BCUT2D eigenvalue weighted by molar-refractivity contribution is 7.98. The maximum atomic E-state index is 12.4. The summed E-state index contributed by atoms with van der Waals surface area (Å²) in [6, 6.07) is -3.09. The van der Waals surface area contributed by atoms with E-state index in [1.807, 2.05) is 12.5 Å². The Morgan fingerprint density at radius 3 is 1.92 bits per heavy atom. The lowest BCUT2D eigenvalue weighted by molar-refractivity contribution is -0.143. The lowest BCUT2D eigenvalue weighted by atomic mass is 10.1. The molecule has 26 heavy (non-hydrogen) atoms. The minimum absolute atomic E-state index is 0.156. The zero-order chi connectivity index (χ0) is 20.1. The lowest BCUT2D eigenvalue weighted by Crippen LogP contribution is -2.54. The molecule has 0 bridgehead atoms. The molecular formula is C15H27N3O6S2. The number of aliphatic carboxylic acids is 2. The standard InChI is InChI=1S/C15H27N3O6S2/c1-25-7-5-9(16)13(21)17-10(3-4-12(19)20)14(22)18-11(15(23)24)6-8-26-2/h9-11H,3-8,16H2,1-2H3,(H,17,21)(H,18,22)(H,19,20)(H,23,24). The molecule has 3 atom stereocenters. The number of hydrogen-bond acceptors (Lipinski definition) is 7. The van der Waals surface area contributed by atoms with Gasteiger partial charge < -0.3 is 26.6 Å². The summed E-state index contributed by atoms with van der Waals surface area (Å²) in [4.78, 5) is 46.5. The Hall–Kier alpha value is -1.46. The smallest absolute Gasteiger partial charge is 0.326 e. The van der Waals surface area contributed by atoms with Crippen LogP contribution in [0.1, 0.15) is 25.7 Å². The van der Waals surface area contributed by atoms with Crippen LogP contribution in [0.15, 0.2) is 0 Å². The van der Waals surface area contributed by atoms with E-state index in [0.29, 0.717) is 17.9 Å². The summed E-state index contributed by atoms with van der Waals surface area (Å²) in [5.74, 6) is -2.42. The van der Waals surface area contributed by atoms with Crippen molar-refractivity contribution in [2.24, 2.45) is 5.73 Å². The second-order valence-corrected chi connectivity index (χ2v) is 7.53. The monoisotopic (exact) mass is 409 g/mol. The molecule has 0 aromatic heterocycles. The van der Waals surface area contributed by atoms with Crippen molar-refractivity contribution in [3.8, 4) is 0 Å². The Kier molecular flexibility index (Phi) is 12.9. The molecule has 0 fully saturated rings. The van der Waals surface area contributed by atoms with Crippen molar-refractivity contribution in [2.75, 3.05) is 24.0 Å². The first-order chi connectivity index (χ1) is 12.2. The molecule has 2 amide bonds. The van der Waals surface area contributed by atoms with Crippen molar-refractivity contribution in [1.29, 1.82) is 0 Å². The summed E-state index contributed by atoms with van der Waals surface area (Å²) < 4.78 is 0. The quantitative estimate of drug-likeness (QED) is 0.260. The number of carboxylic acid groups (broad SMARTS) is 2. The van der Waals surface area contributed by atoms with E-state index in [2.05, 4.69) is 10.6 Å². The van der Waals surface area contributed by atoms with E-state index in [1.54, 1.807) is 0 Å². The molecule has 0 aliphatic heterocycles. The van der Waals surface area contributed by atoms with Crippen LogP contribution >= 0.6 is 23.5 Å². The minimum Gasteiger partial charge on any atom is -0.481 e. The van der Waals surface area contributed by atoms with Crippen molar-refractivity contribution in [1.82, 2.24) is 10.6 Å². The first kappa shape index (κ1) is 24.5. The van der Waals surface area contributed by atoms with Gasteiger partial charge in [-0.2, -0.15) is 23.5 Å². The summed E-state index contributed by atoms with van der Waals surface area (Å²) in [5, 5.41) is 22.8. The van der Waals surface area contributed by atoms with Gasteiger partial charge in [0.15, 0.2) is 0 Å². The molecule has 0 aromatic rings. The highest BCUT2D eigenvalue weighted by Crippen LogP contribution is 2.05. The highest BCUT2D eigenvalue weighted by atomic mass is 32.2. The van der Waals surface area contributed by atoms with Crippen molar-refractivity contribution in [3.05, 3.63) is 0 Å². The van der Waals surface area contributed by atoms with Crippen LogP contribution in [0.5, 0.6) is 0 Å². The van der Waals surface area contributed by atoms with Gasteiger partial charge >= 0.3 is 11.9 Å². The van der Waals surface area contributed by atoms with E-state index in [1.165, 1.54) is 23.5 Å². The molecule has 0 saturated carbocycles. The van der Waals surface area contributed by atoms with Crippen LogP contribution in [0.3, 0.4) is 0 Å². The molecule has 6 N–H and O–H groups in total. The summed E-state index contributed by atoms with van der Waals surface area (Å²) >= 11 is 2.96. The van der Waals surface area contributed by atoms with Gasteiger partial charge in [-0.15, -0.1) is 0 Å². The zero-order valence-corrected chi connectivity index (χ0v) is 16.5. The Bertz CT molecular complexity index is 492. The number of nitrogens with one attached hydrogen (secondary N) is 2. The van der Waals surface area contributed by atoms with E-state index < -0.39 is 41.9 Å². The van der Waals surface area contributed by atoms with Crippen LogP contribution in [-0.2, 0) is 19.2 Å². The van der Waals surface area contributed by atoms with Gasteiger partial charge in [0.1, 0.15) is 12.1 Å². The molecule has 0 aromatic carbocycles. The van der Waals surface area contributed by atoms with Crippen molar-refractivity contribution < 1.29 is 29.4 Å². The number of carbonyl (C=O) groups excluding carboxylic acids is 2. The van der Waals surface area contributed by atoms with E-state index in [-0.39, 0.29) is 19.3 Å². The Balaban J connectivity index is 4.97. The van der Waals surface area contributed by atoms with Gasteiger partial charge in [0.05, 0.1) is 6.04 Å². The third kappa shape index (κ3) is 10.5. The maximum Gasteiger partial charge on any atom is 0.326 e. The molecule has 3 unspecified atom stereocenters. The van der Waals surface area contributed by atoms with E-state index in [0.717, 1.165) is 0 Å². The van der Waals surface area contributed by atoms with Crippen molar-refractivity contribution >= 4 is 47.3 Å². The molecule has 0 aliphatic rings. The van der Waals surface area contributed by atoms with Gasteiger partial charge in [-0.05, 0) is 43.3 Å². The average Bonchev–Trinajstić information content (AvgIpc) is 2.58. The van der Waals surface area contributed by atoms with E-state index in [9.17, 15) is 24.3 Å². The summed E-state index contributed by atoms with van der Waals surface area (Å²) in [5.41, 5.74) is 5.75. The fourth-order valence-electron chi connectivity index (χ4n) is 1.96. The second-order valence-electron chi connectivity index (χ2n) is 5.56. The van der Waals surface area contributed by atoms with Gasteiger partial charge in [-0.25, -0.2) is 4.79 Å². The molecule has 0 aliphatic carbocycles. The number of rotatable bonds is 14. The fourth-order valence-corrected chi connectivity index (χ4v) is 2.92. The number of carboxylic acids is 2. The van der Waals surface area contributed by atoms with Gasteiger partial charge in [0.25, 0.3) is 0 Å². The van der Waals surface area contributed by atoms with Gasteiger partial charge in [-0.1, -0.05) is 0 Å². The van der Waals surface area contributed by atoms with Crippen LogP contribution in [0.2, 0.25) is 0 Å². The van der Waals surface area contributed by atoms with E-state index in [4.69, 9.17) is 10.8 Å². The topological polar surface area (TPSA) is 159 Å². The van der Waals surface area contributed by atoms with Crippen LogP contribution in [0.25, 0.3) is 0 Å². The van der Waals surface area contributed by atoms with Crippen LogP contribution in [0, 0.1) is 0 Å². The third-order valence-corrected chi connectivity index (χ3v) is 4.76. The fraction of sp³-hybridized carbons (Fsp3) is 0.733. The molecule has 0 heterocycles. The third-order valence-electron chi connectivity index (χ3n) is 3.47. The van der Waals surface area contributed by atoms with E-state index >= 15 is 0 Å². The van der Waals surface area contributed by atoms with Crippen molar-refractivity contribution in [2.45, 2.75) is 43.8 Å². The van der Waals surface area contributed by atoms with Crippen molar-refractivity contribution in [3.63, 3.8) is 0 Å². The summed E-state index contributed by atoms with van der Waals surface area (Å²) in [7, 11) is 0. The number of nitrogens with two attached hydrogens (primary N) is 1. The Morgan fingerprint density at radius 2 is 1.42 bits per heavy atom. The van der Waals surface area contributed by atoms with Gasteiger partial charge in [0.2, 0.25) is 11.8 Å². The molecule has 150 valence electrons. The largest absolute Gasteiger partial charge is 0.481 e. The highest BCUT2D eigenvalue weighted by Gasteiger charge is 2.28. The average molecular weight is 410 g/mol. The predicted octanol–water partition coefficient (Wildman–Crippen LogP) is -0.261. The van der Waals surface area contributed by atoms with Crippen LogP contribution in [-0.4, -0.2) is 76.1 Å². The molecule has 11 heteroatoms. The molecule has 0 rings (SSSR count). The first-order valence-corrected chi connectivity index (χ1v) is 10.8. The minimum atomic E-state index is -1.19. The summed E-state index contributed by atoms with van der Waals surface area (Å²) in [6.07, 6.45) is 3.81. The number of hydrogen-bond donors (Lipinski definition) is 5. The second kappa shape index (κ2) is 13.7. The van der Waals surface area contributed by atoms with Gasteiger partial charge in [-0.3, -0.25) is 14.4 Å². The Morgan fingerprint density at radius 1 is 0.885 bits per heavy atom. The van der Waals surface area contributed by atoms with Crippen LogP contribution in [0.4, 0.5) is 0 Å². The number of thioether (sulfide) groups is 2. The maximum absolute atomic E-state index is 12.4. The molecule has 0 radical (unpaired) electrons. The zero-order valence-electron chi connectivity index (χ0n) is 14.9. The SMILES string of the molecule is CSCCC(N)C(=O)NC(CCC(=O)O)C(=O)NC(CCSC)C(=O)O. The predicted molar refractivity (Wildman–Crippen MR) is 102 cm³/mol. The number of carbonyl (C=O) groups is 4. The molecule has 9 nitrogen and oxygen atoms in total. The van der Waals surface area contributed by atoms with Crippen LogP contribution < -0.4 is 16.4 Å². The molecular weight excluding hydrogens is 382 g/mol. The van der Waals surface area contributed by atoms with Gasteiger partial charge in [0, 0.05) is 6.42 Å². The Labute approximate surface area is 161 Å². The molecule has 0 saturated heterocycles. The molecule has 0 spiro atoms. The normalized spacial score (nSPS) is 14.1. The number of amides is 2. The lowest BCUT2D eigenvalue weighted by Gasteiger charge is -2.22. The first-order valence-electron chi connectivity index (χ1n) is 8.01.